The van der Waals surface area contributed by atoms with Gasteiger partial charge in [-0.3, -0.25) is 9.59 Å². The molecule has 6 nitrogen and oxygen atoms in total. The lowest BCUT2D eigenvalue weighted by Crippen LogP contribution is -2.34. The van der Waals surface area contributed by atoms with E-state index in [-0.39, 0.29) is 24.3 Å². The summed E-state index contributed by atoms with van der Waals surface area (Å²) in [7, 11) is 0. The lowest BCUT2D eigenvalue weighted by atomic mass is 10.1. The van der Waals surface area contributed by atoms with Crippen molar-refractivity contribution < 1.29 is 14.7 Å². The van der Waals surface area contributed by atoms with Crippen LogP contribution in [0.25, 0.3) is 0 Å². The highest BCUT2D eigenvalue weighted by Crippen LogP contribution is 2.25. The van der Waals surface area contributed by atoms with Crippen molar-refractivity contribution in [3.8, 4) is 0 Å². The maximum atomic E-state index is 11.7. The smallest absolute Gasteiger partial charge is 0.306 e. The summed E-state index contributed by atoms with van der Waals surface area (Å²) in [5, 5.41) is 13.9. The van der Waals surface area contributed by atoms with E-state index in [1.165, 1.54) is 11.3 Å². The normalized spacial score (nSPS) is 22.9. The number of anilines is 1. The minimum absolute atomic E-state index is 0.0328. The average Bonchev–Trinajstić information content (AvgIpc) is 2.88. The third-order valence-corrected chi connectivity index (χ3v) is 3.78. The predicted octanol–water partition coefficient (Wildman–Crippen LogP) is 0.637. The summed E-state index contributed by atoms with van der Waals surface area (Å²) < 4.78 is 0. The highest BCUT2D eigenvalue weighted by molar-refractivity contribution is 7.13. The van der Waals surface area contributed by atoms with Gasteiger partial charge in [0.2, 0.25) is 5.91 Å². The van der Waals surface area contributed by atoms with Crippen LogP contribution in [-0.2, 0) is 16.0 Å². The van der Waals surface area contributed by atoms with Crippen molar-refractivity contribution in [2.45, 2.75) is 31.7 Å². The standard InChI is InChI=1S/C11H15N3O3S/c12-11-14-8(5-18-11)4-9(15)13-7-2-1-6(3-7)10(16)17/h5-7H,1-4H2,(H2,12,14)(H,13,15)(H,16,17). The van der Waals surface area contributed by atoms with Crippen molar-refractivity contribution in [3.05, 3.63) is 11.1 Å². The zero-order chi connectivity index (χ0) is 13.1. The number of nitrogens with two attached hydrogens (primary N) is 1. The molecule has 1 aromatic rings. The minimum Gasteiger partial charge on any atom is -0.481 e. The summed E-state index contributed by atoms with van der Waals surface area (Å²) in [6.07, 6.45) is 2.06. The van der Waals surface area contributed by atoms with Gasteiger partial charge in [-0.05, 0) is 19.3 Å². The van der Waals surface area contributed by atoms with Crippen LogP contribution in [0.4, 0.5) is 5.13 Å². The van der Waals surface area contributed by atoms with Gasteiger partial charge in [-0.15, -0.1) is 11.3 Å². The molecule has 2 rings (SSSR count). The van der Waals surface area contributed by atoms with Crippen LogP contribution in [0.3, 0.4) is 0 Å². The Morgan fingerprint density at radius 3 is 2.89 bits per heavy atom. The van der Waals surface area contributed by atoms with Gasteiger partial charge in [0.1, 0.15) is 0 Å². The van der Waals surface area contributed by atoms with Gasteiger partial charge in [-0.2, -0.15) is 0 Å². The molecular formula is C11H15N3O3S. The number of carbonyl (C=O) groups is 2. The number of carboxylic acid groups (broad SMARTS) is 1. The molecule has 1 heterocycles. The fourth-order valence-corrected chi connectivity index (χ4v) is 2.75. The molecule has 4 N–H and O–H groups in total. The van der Waals surface area contributed by atoms with Gasteiger partial charge in [0.25, 0.3) is 0 Å². The molecule has 2 unspecified atom stereocenters. The molecule has 0 aromatic carbocycles. The summed E-state index contributed by atoms with van der Waals surface area (Å²) in [5.41, 5.74) is 6.14. The molecule has 1 aliphatic carbocycles. The quantitative estimate of drug-likeness (QED) is 0.743. The van der Waals surface area contributed by atoms with E-state index in [4.69, 9.17) is 10.8 Å². The second kappa shape index (κ2) is 5.34. The molecule has 7 heteroatoms. The first kappa shape index (κ1) is 12.8. The van der Waals surface area contributed by atoms with Gasteiger partial charge in [-0.1, -0.05) is 0 Å². The van der Waals surface area contributed by atoms with E-state index in [1.54, 1.807) is 5.38 Å². The zero-order valence-electron chi connectivity index (χ0n) is 9.76. The van der Waals surface area contributed by atoms with E-state index in [1.807, 2.05) is 0 Å². The molecule has 1 amide bonds. The van der Waals surface area contributed by atoms with Crippen LogP contribution in [0.15, 0.2) is 5.38 Å². The van der Waals surface area contributed by atoms with Crippen LogP contribution in [-0.4, -0.2) is 28.0 Å². The maximum Gasteiger partial charge on any atom is 0.306 e. The predicted molar refractivity (Wildman–Crippen MR) is 67.1 cm³/mol. The summed E-state index contributed by atoms with van der Waals surface area (Å²) in [5.74, 6) is -1.24. The van der Waals surface area contributed by atoms with E-state index in [0.29, 0.717) is 23.7 Å². The van der Waals surface area contributed by atoms with Gasteiger partial charge in [0.15, 0.2) is 5.13 Å². The van der Waals surface area contributed by atoms with Crippen molar-refractivity contribution in [1.29, 1.82) is 0 Å². The maximum absolute atomic E-state index is 11.7. The Morgan fingerprint density at radius 1 is 1.56 bits per heavy atom. The van der Waals surface area contributed by atoms with E-state index >= 15 is 0 Å². The van der Waals surface area contributed by atoms with Gasteiger partial charge < -0.3 is 16.2 Å². The van der Waals surface area contributed by atoms with Gasteiger partial charge >= 0.3 is 5.97 Å². The molecule has 0 radical (unpaired) electrons. The highest BCUT2D eigenvalue weighted by atomic mass is 32.1. The number of aliphatic carboxylic acids is 1. The summed E-state index contributed by atoms with van der Waals surface area (Å²) in [6.45, 7) is 0. The third kappa shape index (κ3) is 3.19. The molecule has 2 atom stereocenters. The summed E-state index contributed by atoms with van der Waals surface area (Å²) >= 11 is 1.30. The molecule has 1 saturated carbocycles. The summed E-state index contributed by atoms with van der Waals surface area (Å²) in [6, 6.07) is -0.0328. The fourth-order valence-electron chi connectivity index (χ4n) is 2.18. The van der Waals surface area contributed by atoms with Crippen LogP contribution in [0.2, 0.25) is 0 Å². The van der Waals surface area contributed by atoms with Crippen LogP contribution >= 0.6 is 11.3 Å². The largest absolute Gasteiger partial charge is 0.481 e. The lowest BCUT2D eigenvalue weighted by molar-refractivity contribution is -0.141. The molecule has 98 valence electrons. The number of nitrogen functional groups attached to an aromatic ring is 1. The van der Waals surface area contributed by atoms with Crippen molar-refractivity contribution >= 4 is 28.3 Å². The number of aromatic nitrogens is 1. The Kier molecular flexibility index (Phi) is 3.81. The van der Waals surface area contributed by atoms with Crippen molar-refractivity contribution in [3.63, 3.8) is 0 Å². The van der Waals surface area contributed by atoms with Crippen molar-refractivity contribution in [1.82, 2.24) is 10.3 Å². The van der Waals surface area contributed by atoms with Gasteiger partial charge in [0, 0.05) is 11.4 Å². The number of hydrogen-bond acceptors (Lipinski definition) is 5. The molecule has 1 aliphatic rings. The van der Waals surface area contributed by atoms with Gasteiger partial charge in [-0.25, -0.2) is 4.98 Å². The van der Waals surface area contributed by atoms with Crippen LogP contribution in [0.1, 0.15) is 25.0 Å². The summed E-state index contributed by atoms with van der Waals surface area (Å²) in [4.78, 5) is 26.5. The Morgan fingerprint density at radius 2 is 2.33 bits per heavy atom. The molecule has 0 aliphatic heterocycles. The van der Waals surface area contributed by atoms with E-state index in [0.717, 1.165) is 6.42 Å². The first-order valence-corrected chi connectivity index (χ1v) is 6.64. The topological polar surface area (TPSA) is 105 Å². The Labute approximate surface area is 108 Å². The minimum atomic E-state index is -0.779. The zero-order valence-corrected chi connectivity index (χ0v) is 10.6. The number of nitrogens with one attached hydrogen (secondary N) is 1. The second-order valence-electron chi connectivity index (χ2n) is 4.47. The molecule has 0 spiro atoms. The van der Waals surface area contributed by atoms with E-state index < -0.39 is 5.97 Å². The molecule has 1 fully saturated rings. The number of carbonyl (C=O) groups excluding carboxylic acids is 1. The van der Waals surface area contributed by atoms with Crippen LogP contribution < -0.4 is 11.1 Å². The monoisotopic (exact) mass is 269 g/mol. The Bertz CT molecular complexity index is 460. The van der Waals surface area contributed by atoms with Crippen molar-refractivity contribution in [2.75, 3.05) is 5.73 Å². The number of amides is 1. The van der Waals surface area contributed by atoms with E-state index in [9.17, 15) is 9.59 Å². The third-order valence-electron chi connectivity index (χ3n) is 3.06. The number of nitrogens with zero attached hydrogens (tertiary/aromatic N) is 1. The molecule has 1 aromatic heterocycles. The first-order valence-electron chi connectivity index (χ1n) is 5.76. The molecule has 0 bridgehead atoms. The Balaban J connectivity index is 1.80. The highest BCUT2D eigenvalue weighted by Gasteiger charge is 2.30. The second-order valence-corrected chi connectivity index (χ2v) is 5.36. The van der Waals surface area contributed by atoms with Crippen LogP contribution in [0.5, 0.6) is 0 Å². The Hall–Kier alpha value is -1.63. The van der Waals surface area contributed by atoms with Gasteiger partial charge in [0.05, 0.1) is 18.0 Å². The average molecular weight is 269 g/mol. The number of carboxylic acids is 1. The van der Waals surface area contributed by atoms with Crippen molar-refractivity contribution in [2.24, 2.45) is 5.92 Å². The number of thiazole rings is 1. The lowest BCUT2D eigenvalue weighted by Gasteiger charge is -2.11. The fraction of sp³-hybridized carbons (Fsp3) is 0.545. The number of rotatable bonds is 4. The number of hydrogen-bond donors (Lipinski definition) is 3. The van der Waals surface area contributed by atoms with E-state index in [2.05, 4.69) is 10.3 Å². The molecular weight excluding hydrogens is 254 g/mol. The molecule has 18 heavy (non-hydrogen) atoms. The SMILES string of the molecule is Nc1nc(CC(=O)NC2CCC(C(=O)O)C2)cs1. The first-order chi connectivity index (χ1) is 8.54. The molecule has 0 saturated heterocycles. The van der Waals surface area contributed by atoms with Crippen LogP contribution in [0, 0.1) is 5.92 Å².